The molecule has 4 rings (SSSR count). The number of guanidine groups is 1. The lowest BCUT2D eigenvalue weighted by Gasteiger charge is -2.20. The van der Waals surface area contributed by atoms with E-state index < -0.39 is 0 Å². The van der Waals surface area contributed by atoms with Crippen LogP contribution in [0.25, 0.3) is 11.1 Å². The number of benzene rings is 3. The van der Waals surface area contributed by atoms with E-state index in [1.165, 1.54) is 12.1 Å². The molecule has 0 saturated carbocycles. The first-order chi connectivity index (χ1) is 20.9. The molecular formula is C32H35FN6O4. The van der Waals surface area contributed by atoms with Crippen LogP contribution in [0.15, 0.2) is 90.1 Å². The van der Waals surface area contributed by atoms with Crippen LogP contribution in [0.4, 0.5) is 27.3 Å². The van der Waals surface area contributed by atoms with E-state index in [-0.39, 0.29) is 11.8 Å². The number of aromatic nitrogens is 1. The number of methoxy groups -OCH3 is 1. The Hall–Kier alpha value is -5.45. The Labute approximate surface area is 250 Å². The normalized spacial score (nSPS) is 10.6. The molecule has 0 aliphatic heterocycles. The third kappa shape index (κ3) is 10.2. The molecule has 43 heavy (non-hydrogen) atoms. The molecule has 0 aliphatic carbocycles. The highest BCUT2D eigenvalue weighted by atomic mass is 19.1. The van der Waals surface area contributed by atoms with Crippen molar-refractivity contribution in [3.63, 3.8) is 0 Å². The summed E-state index contributed by atoms with van der Waals surface area (Å²) in [5, 5.41) is 6.15. The van der Waals surface area contributed by atoms with Gasteiger partial charge in [-0.15, -0.1) is 0 Å². The quantitative estimate of drug-likeness (QED) is 0.0905. The molecule has 0 radical (unpaired) electrons. The lowest BCUT2D eigenvalue weighted by molar-refractivity contribution is -0.128. The molecule has 10 nitrogen and oxygen atoms in total. The van der Waals surface area contributed by atoms with Gasteiger partial charge in [0.25, 0.3) is 6.47 Å². The molecule has 0 amide bonds. The van der Waals surface area contributed by atoms with E-state index in [9.17, 15) is 14.0 Å². The van der Waals surface area contributed by atoms with Crippen LogP contribution in [0.1, 0.15) is 5.56 Å². The molecule has 0 fully saturated rings. The Morgan fingerprint density at radius 1 is 1.02 bits per heavy atom. The van der Waals surface area contributed by atoms with Gasteiger partial charge >= 0.3 is 0 Å². The molecule has 0 unspecified atom stereocenters. The second-order valence-corrected chi connectivity index (χ2v) is 9.12. The molecular weight excluding hydrogens is 551 g/mol. The largest absolute Gasteiger partial charge is 0.494 e. The summed E-state index contributed by atoms with van der Waals surface area (Å²) in [7, 11) is 5.37. The number of nitrogens with one attached hydrogen (secondary N) is 2. The van der Waals surface area contributed by atoms with Gasteiger partial charge in [-0.2, -0.15) is 4.99 Å². The lowest BCUT2D eigenvalue weighted by atomic mass is 10.1. The summed E-state index contributed by atoms with van der Waals surface area (Å²) >= 11 is 0. The summed E-state index contributed by atoms with van der Waals surface area (Å²) in [5.74, 6) is 1.00. The van der Waals surface area contributed by atoms with Crippen molar-refractivity contribution in [1.82, 2.24) is 4.98 Å². The van der Waals surface area contributed by atoms with Crippen LogP contribution >= 0.6 is 0 Å². The van der Waals surface area contributed by atoms with Crippen LogP contribution in [0.2, 0.25) is 0 Å². The number of hydrogen-bond acceptors (Lipinski definition) is 8. The minimum atomic E-state index is -0.269. The molecule has 3 aromatic carbocycles. The molecule has 0 saturated heterocycles. The van der Waals surface area contributed by atoms with Gasteiger partial charge in [-0.3, -0.25) is 4.79 Å². The Kier molecular flexibility index (Phi) is 12.5. The van der Waals surface area contributed by atoms with E-state index in [0.717, 1.165) is 34.4 Å². The number of anilines is 3. The van der Waals surface area contributed by atoms with Crippen LogP contribution in [0, 0.1) is 5.82 Å². The molecule has 0 atom stereocenters. The smallest absolute Gasteiger partial charge is 0.293 e. The average molecular weight is 587 g/mol. The standard InChI is InChI=1S/C24H28N6O3.C8H7FO/c1-26-19-7-4-17(5-8-19)18-6-11-23(27-15-18)29-24(25)28-21-10-9-20(14-22(21)32-3)30(2)12-13-33-16-31;9-8-3-1-7(2-4-8)5-6-10/h4-11,14-16,26H,12-13H2,1-3H3,(H3,25,27,28,29);1-4,6H,5H2. The molecule has 1 aromatic heterocycles. The monoisotopic (exact) mass is 586 g/mol. The molecule has 0 spiro atoms. The number of pyridine rings is 1. The maximum absolute atomic E-state index is 12.2. The number of carbonyl (C=O) groups excluding carboxylic acids is 2. The topological polar surface area (TPSA) is 131 Å². The number of aldehydes is 1. The van der Waals surface area contributed by atoms with Gasteiger partial charge in [0.1, 0.15) is 24.5 Å². The highest BCUT2D eigenvalue weighted by Gasteiger charge is 2.09. The second kappa shape index (κ2) is 16.7. The Morgan fingerprint density at radius 3 is 2.35 bits per heavy atom. The van der Waals surface area contributed by atoms with E-state index in [2.05, 4.69) is 20.6 Å². The number of aliphatic imine (C=N–C) groups is 1. The lowest BCUT2D eigenvalue weighted by Crippen LogP contribution is -2.24. The fourth-order valence-electron chi connectivity index (χ4n) is 3.85. The fourth-order valence-corrected chi connectivity index (χ4v) is 3.85. The third-order valence-electron chi connectivity index (χ3n) is 6.22. The predicted molar refractivity (Wildman–Crippen MR) is 169 cm³/mol. The average Bonchev–Trinajstić information content (AvgIpc) is 3.03. The number of likely N-dealkylation sites (N-methyl/N-ethyl adjacent to an activating group) is 1. The van der Waals surface area contributed by atoms with Crippen LogP contribution in [0.3, 0.4) is 0 Å². The summed E-state index contributed by atoms with van der Waals surface area (Å²) < 4.78 is 22.5. The van der Waals surface area contributed by atoms with E-state index in [1.807, 2.05) is 73.6 Å². The zero-order chi connectivity index (χ0) is 31.0. The van der Waals surface area contributed by atoms with Crippen LogP contribution in [-0.2, 0) is 20.7 Å². The first-order valence-electron chi connectivity index (χ1n) is 13.3. The van der Waals surface area contributed by atoms with Gasteiger partial charge < -0.3 is 35.5 Å². The molecule has 0 bridgehead atoms. The number of rotatable bonds is 12. The number of halogens is 1. The maximum Gasteiger partial charge on any atom is 0.293 e. The van der Waals surface area contributed by atoms with Crippen molar-refractivity contribution in [3.8, 4) is 16.9 Å². The van der Waals surface area contributed by atoms with Crippen LogP contribution in [0.5, 0.6) is 5.75 Å². The van der Waals surface area contributed by atoms with Crippen molar-refractivity contribution in [2.24, 2.45) is 10.7 Å². The van der Waals surface area contributed by atoms with Gasteiger partial charge in [0.05, 0.1) is 19.3 Å². The van der Waals surface area contributed by atoms with E-state index in [0.29, 0.717) is 43.3 Å². The second-order valence-electron chi connectivity index (χ2n) is 9.12. The summed E-state index contributed by atoms with van der Waals surface area (Å²) in [4.78, 5) is 31.0. The minimum absolute atomic E-state index is 0.187. The number of carbonyl (C=O) groups is 2. The van der Waals surface area contributed by atoms with Gasteiger partial charge in [-0.25, -0.2) is 9.37 Å². The van der Waals surface area contributed by atoms with Crippen molar-refractivity contribution in [3.05, 3.63) is 96.4 Å². The van der Waals surface area contributed by atoms with Crippen LogP contribution < -0.4 is 26.0 Å². The third-order valence-corrected chi connectivity index (χ3v) is 6.22. The van der Waals surface area contributed by atoms with Crippen molar-refractivity contribution >= 4 is 41.6 Å². The van der Waals surface area contributed by atoms with Gasteiger partial charge in [-0.05, 0) is 59.7 Å². The Balaban J connectivity index is 0.000000428. The van der Waals surface area contributed by atoms with Crippen molar-refractivity contribution in [2.75, 3.05) is 49.9 Å². The number of nitrogens with zero attached hydrogens (tertiary/aromatic N) is 3. The first-order valence-corrected chi connectivity index (χ1v) is 13.3. The molecule has 4 aromatic rings. The SMILES string of the molecule is CNc1ccc(-c2ccc(N=C(N)Nc3ccc(N(C)CCOC=O)cc3OC)nc2)cc1.O=CCc1ccc(F)cc1. The zero-order valence-electron chi connectivity index (χ0n) is 24.3. The minimum Gasteiger partial charge on any atom is -0.494 e. The Bertz CT molecular complexity index is 1480. The van der Waals surface area contributed by atoms with E-state index in [1.54, 1.807) is 25.4 Å². The summed E-state index contributed by atoms with van der Waals surface area (Å²) in [5.41, 5.74) is 11.6. The number of nitrogens with two attached hydrogens (primary N) is 1. The highest BCUT2D eigenvalue weighted by molar-refractivity contribution is 5.95. The molecule has 0 aliphatic rings. The number of ether oxygens (including phenoxy) is 2. The zero-order valence-corrected chi connectivity index (χ0v) is 24.3. The summed E-state index contributed by atoms with van der Waals surface area (Å²) in [6.45, 7) is 1.29. The van der Waals surface area contributed by atoms with Gasteiger partial charge in [-0.1, -0.05) is 24.3 Å². The summed E-state index contributed by atoms with van der Waals surface area (Å²) in [6, 6.07) is 23.4. The van der Waals surface area contributed by atoms with Crippen molar-refractivity contribution in [1.29, 1.82) is 0 Å². The van der Waals surface area contributed by atoms with Gasteiger partial charge in [0.2, 0.25) is 0 Å². The summed E-state index contributed by atoms with van der Waals surface area (Å²) in [6.07, 6.45) is 2.92. The molecule has 1 heterocycles. The van der Waals surface area contributed by atoms with Gasteiger partial charge in [0, 0.05) is 49.7 Å². The maximum atomic E-state index is 12.2. The van der Waals surface area contributed by atoms with Crippen LogP contribution in [-0.4, -0.2) is 58.1 Å². The van der Waals surface area contributed by atoms with Crippen molar-refractivity contribution in [2.45, 2.75) is 6.42 Å². The highest BCUT2D eigenvalue weighted by Crippen LogP contribution is 2.29. The molecule has 224 valence electrons. The predicted octanol–water partition coefficient (Wildman–Crippen LogP) is 5.03. The molecule has 4 N–H and O–H groups in total. The van der Waals surface area contributed by atoms with E-state index >= 15 is 0 Å². The molecule has 11 heteroatoms. The van der Waals surface area contributed by atoms with E-state index in [4.69, 9.17) is 15.2 Å². The van der Waals surface area contributed by atoms with Crippen molar-refractivity contribution < 1.29 is 23.5 Å². The number of hydrogen-bond donors (Lipinski definition) is 3. The van der Waals surface area contributed by atoms with Gasteiger partial charge in [0.15, 0.2) is 11.8 Å². The fraction of sp³-hybridized carbons (Fsp3) is 0.188. The first kappa shape index (κ1) is 32.1. The Morgan fingerprint density at radius 2 is 1.74 bits per heavy atom.